The van der Waals surface area contributed by atoms with Gasteiger partial charge >= 0.3 is 0 Å². The zero-order valence-corrected chi connectivity index (χ0v) is 33.2. The fraction of sp³-hybridized carbons (Fsp3) is 0.829. The van der Waals surface area contributed by atoms with E-state index in [2.05, 4.69) is 43.5 Å². The lowest BCUT2D eigenvalue weighted by Gasteiger charge is -2.46. The Labute approximate surface area is 328 Å². The van der Waals surface area contributed by atoms with Crippen molar-refractivity contribution in [2.24, 2.45) is 0 Å². The number of hydrogen-bond acceptors (Lipinski definition) is 13. The number of amides is 1. The molecule has 9 N–H and O–H groups in total. The van der Waals surface area contributed by atoms with Gasteiger partial charge in [0.05, 0.1) is 32.0 Å². The number of carbonyl (C=O) groups is 1. The molecule has 0 saturated carbocycles. The van der Waals surface area contributed by atoms with Crippen LogP contribution < -0.4 is 5.32 Å². The standard InChI is InChI=1S/C41H73NO13/c1-3-5-7-9-11-13-14-15-17-18-20-22-24-30(45)29(42-33(46)25-23-21-19-16-12-10-8-6-4-2)28-52-40-38(51)36(49)39(32(27-44)54-40)55-41-37(50)35(48)34(47)31(26-43)53-41/h9,11,15,17,22,24,29-32,34-41,43-45,47-51H,3-8,10,12-14,16,18-21,23,25-28H2,1-2H3,(H,42,46)/b11-9+,17-15+,24-22+. The molecule has 320 valence electrons. The summed E-state index contributed by atoms with van der Waals surface area (Å²) < 4.78 is 22.5. The number of ether oxygens (including phenoxy) is 4. The molecule has 12 atom stereocenters. The van der Waals surface area contributed by atoms with Crippen LogP contribution in [0, 0.1) is 0 Å². The highest BCUT2D eigenvalue weighted by Gasteiger charge is 2.50. The van der Waals surface area contributed by atoms with Crippen LogP contribution >= 0.6 is 0 Å². The predicted molar refractivity (Wildman–Crippen MR) is 208 cm³/mol. The number of carbonyl (C=O) groups excluding carboxylic acids is 1. The Morgan fingerprint density at radius 2 is 1.16 bits per heavy atom. The summed E-state index contributed by atoms with van der Waals surface area (Å²) in [6.07, 6.45) is 12.2. The Balaban J connectivity index is 1.98. The topological polar surface area (TPSA) is 228 Å². The van der Waals surface area contributed by atoms with Crippen molar-refractivity contribution in [3.8, 4) is 0 Å². The Bertz CT molecular complexity index is 1070. The van der Waals surface area contributed by atoms with Crippen LogP contribution in [-0.4, -0.2) is 140 Å². The maximum atomic E-state index is 13.0. The first-order valence-corrected chi connectivity index (χ1v) is 20.7. The van der Waals surface area contributed by atoms with Crippen molar-refractivity contribution in [2.45, 2.75) is 197 Å². The van der Waals surface area contributed by atoms with Crippen LogP contribution in [0.15, 0.2) is 36.5 Å². The van der Waals surface area contributed by atoms with Crippen LogP contribution in [0.4, 0.5) is 0 Å². The highest BCUT2D eigenvalue weighted by Crippen LogP contribution is 2.29. The van der Waals surface area contributed by atoms with Gasteiger partial charge in [-0.3, -0.25) is 4.79 Å². The fourth-order valence-corrected chi connectivity index (χ4v) is 6.54. The van der Waals surface area contributed by atoms with Gasteiger partial charge in [0.2, 0.25) is 5.91 Å². The number of aliphatic hydroxyl groups is 8. The average Bonchev–Trinajstić information content (AvgIpc) is 3.18. The van der Waals surface area contributed by atoms with Crippen molar-refractivity contribution in [3.05, 3.63) is 36.5 Å². The van der Waals surface area contributed by atoms with E-state index in [-0.39, 0.29) is 18.9 Å². The highest BCUT2D eigenvalue weighted by atomic mass is 16.7. The van der Waals surface area contributed by atoms with Crippen LogP contribution in [0.1, 0.15) is 123 Å². The summed E-state index contributed by atoms with van der Waals surface area (Å²) in [4.78, 5) is 13.0. The third kappa shape index (κ3) is 18.6. The molecule has 2 aliphatic rings. The minimum absolute atomic E-state index is 0.262. The first-order valence-electron chi connectivity index (χ1n) is 20.7. The third-order valence-electron chi connectivity index (χ3n) is 10.1. The molecule has 2 fully saturated rings. The lowest BCUT2D eigenvalue weighted by atomic mass is 9.97. The normalized spacial score (nSPS) is 30.1. The molecule has 2 rings (SSSR count). The molecule has 0 aromatic carbocycles. The molecule has 0 spiro atoms. The molecule has 0 aliphatic carbocycles. The zero-order chi connectivity index (χ0) is 40.4. The molecule has 0 bridgehead atoms. The van der Waals surface area contributed by atoms with Crippen molar-refractivity contribution >= 4 is 5.91 Å². The van der Waals surface area contributed by atoms with E-state index in [0.717, 1.165) is 44.9 Å². The number of nitrogens with one attached hydrogen (secondary N) is 1. The third-order valence-corrected chi connectivity index (χ3v) is 10.1. The average molecular weight is 788 g/mol. The minimum Gasteiger partial charge on any atom is -0.394 e. The van der Waals surface area contributed by atoms with Crippen molar-refractivity contribution in [1.29, 1.82) is 0 Å². The first kappa shape index (κ1) is 49.4. The summed E-state index contributed by atoms with van der Waals surface area (Å²) >= 11 is 0. The molecule has 55 heavy (non-hydrogen) atoms. The van der Waals surface area contributed by atoms with E-state index in [1.165, 1.54) is 44.9 Å². The smallest absolute Gasteiger partial charge is 0.220 e. The molecule has 0 radical (unpaired) electrons. The number of allylic oxidation sites excluding steroid dienone is 5. The van der Waals surface area contributed by atoms with E-state index in [0.29, 0.717) is 12.8 Å². The van der Waals surface area contributed by atoms with Gasteiger partial charge in [-0.2, -0.15) is 0 Å². The maximum Gasteiger partial charge on any atom is 0.220 e. The Morgan fingerprint density at radius 3 is 1.76 bits per heavy atom. The van der Waals surface area contributed by atoms with Gasteiger partial charge in [-0.1, -0.05) is 115 Å². The lowest BCUT2D eigenvalue weighted by Crippen LogP contribution is -2.65. The molecule has 2 heterocycles. The lowest BCUT2D eigenvalue weighted by molar-refractivity contribution is -0.359. The molecule has 12 unspecified atom stereocenters. The van der Waals surface area contributed by atoms with Crippen LogP contribution in [-0.2, 0) is 23.7 Å². The molecule has 0 aromatic heterocycles. The van der Waals surface area contributed by atoms with Crippen LogP contribution in [0.5, 0.6) is 0 Å². The highest BCUT2D eigenvalue weighted by molar-refractivity contribution is 5.76. The van der Waals surface area contributed by atoms with Gasteiger partial charge in [-0.25, -0.2) is 0 Å². The largest absolute Gasteiger partial charge is 0.394 e. The second kappa shape index (κ2) is 29.4. The molecular weight excluding hydrogens is 714 g/mol. The summed E-state index contributed by atoms with van der Waals surface area (Å²) in [5.74, 6) is -0.262. The number of rotatable bonds is 29. The molecular formula is C41H73NO13. The quantitative estimate of drug-likeness (QED) is 0.0393. The zero-order valence-electron chi connectivity index (χ0n) is 33.2. The first-order chi connectivity index (χ1) is 26.6. The number of aliphatic hydroxyl groups excluding tert-OH is 8. The Hall–Kier alpha value is -1.79. The van der Waals surface area contributed by atoms with Crippen molar-refractivity contribution < 1.29 is 64.6 Å². The second-order valence-electron chi connectivity index (χ2n) is 14.7. The van der Waals surface area contributed by atoms with Gasteiger partial charge in [0.15, 0.2) is 12.6 Å². The van der Waals surface area contributed by atoms with E-state index < -0.39 is 86.8 Å². The van der Waals surface area contributed by atoms with Gasteiger partial charge in [-0.15, -0.1) is 0 Å². The van der Waals surface area contributed by atoms with Crippen molar-refractivity contribution in [3.63, 3.8) is 0 Å². The van der Waals surface area contributed by atoms with E-state index in [9.17, 15) is 45.6 Å². The Kier molecular flexibility index (Phi) is 26.4. The predicted octanol–water partition coefficient (Wildman–Crippen LogP) is 2.81. The Morgan fingerprint density at radius 1 is 0.636 bits per heavy atom. The van der Waals surface area contributed by atoms with Crippen LogP contribution in [0.2, 0.25) is 0 Å². The SMILES string of the molecule is CCCC/C=C/CC/C=C/CC/C=C/C(O)C(COC1OC(CO)C(OC2OC(CO)C(O)C(O)C2O)C(O)C1O)NC(=O)CCCCCCCCCCC. The fourth-order valence-electron chi connectivity index (χ4n) is 6.54. The summed E-state index contributed by atoms with van der Waals surface area (Å²) in [5.41, 5.74) is 0. The monoisotopic (exact) mass is 788 g/mol. The summed E-state index contributed by atoms with van der Waals surface area (Å²) in [7, 11) is 0. The van der Waals surface area contributed by atoms with E-state index in [4.69, 9.17) is 18.9 Å². The van der Waals surface area contributed by atoms with E-state index in [1.807, 2.05) is 6.08 Å². The van der Waals surface area contributed by atoms with Gasteiger partial charge in [0.25, 0.3) is 0 Å². The molecule has 0 aromatic rings. The minimum atomic E-state index is -1.79. The molecule has 2 aliphatic heterocycles. The summed E-state index contributed by atoms with van der Waals surface area (Å²) in [5, 5.41) is 86.1. The second-order valence-corrected chi connectivity index (χ2v) is 14.7. The summed E-state index contributed by atoms with van der Waals surface area (Å²) in [6, 6.07) is -0.930. The van der Waals surface area contributed by atoms with E-state index >= 15 is 0 Å². The maximum absolute atomic E-state index is 13.0. The van der Waals surface area contributed by atoms with Gasteiger partial charge in [-0.05, 0) is 38.5 Å². The van der Waals surface area contributed by atoms with Gasteiger partial charge in [0.1, 0.15) is 48.8 Å². The van der Waals surface area contributed by atoms with Gasteiger partial charge < -0.3 is 65.1 Å². The molecule has 14 heteroatoms. The van der Waals surface area contributed by atoms with E-state index in [1.54, 1.807) is 6.08 Å². The molecule has 14 nitrogen and oxygen atoms in total. The van der Waals surface area contributed by atoms with Crippen LogP contribution in [0.3, 0.4) is 0 Å². The number of unbranched alkanes of at least 4 members (excludes halogenated alkanes) is 12. The van der Waals surface area contributed by atoms with Crippen molar-refractivity contribution in [2.75, 3.05) is 19.8 Å². The van der Waals surface area contributed by atoms with Crippen molar-refractivity contribution in [1.82, 2.24) is 5.32 Å². The molecule has 1 amide bonds. The van der Waals surface area contributed by atoms with Crippen LogP contribution in [0.25, 0.3) is 0 Å². The molecule has 2 saturated heterocycles. The van der Waals surface area contributed by atoms with Gasteiger partial charge in [0, 0.05) is 6.42 Å². The summed E-state index contributed by atoms with van der Waals surface area (Å²) in [6.45, 7) is 2.63. The number of hydrogen-bond donors (Lipinski definition) is 9.